The van der Waals surface area contributed by atoms with Gasteiger partial charge in [0.05, 0.1) is 12.8 Å². The van der Waals surface area contributed by atoms with Crippen molar-refractivity contribution in [2.75, 3.05) is 13.7 Å². The Morgan fingerprint density at radius 1 is 1.53 bits per heavy atom. The smallest absolute Gasteiger partial charge is 0.407 e. The lowest BCUT2D eigenvalue weighted by Gasteiger charge is -1.97. The highest BCUT2D eigenvalue weighted by Crippen LogP contribution is 2.05. The number of carbonyl (C=O) groups is 2. The average Bonchev–Trinajstić information content (AvgIpc) is 2.82. The summed E-state index contributed by atoms with van der Waals surface area (Å²) in [5.41, 5.74) is 0.623. The Balaban J connectivity index is 2.40. The molecule has 2 N–H and O–H groups in total. The van der Waals surface area contributed by atoms with Crippen molar-refractivity contribution in [3.8, 4) is 0 Å². The van der Waals surface area contributed by atoms with E-state index in [-0.39, 0.29) is 0 Å². The maximum absolute atomic E-state index is 10.7. The fourth-order valence-corrected chi connectivity index (χ4v) is 1.15. The van der Waals surface area contributed by atoms with E-state index in [4.69, 9.17) is 9.52 Å². The van der Waals surface area contributed by atoms with Crippen LogP contribution in [0.4, 0.5) is 4.79 Å². The van der Waals surface area contributed by atoms with E-state index in [0.29, 0.717) is 24.6 Å². The largest absolute Gasteiger partial charge is 0.478 e. The predicted octanol–water partition coefficient (Wildman–Crippen LogP) is 1.23. The molecule has 1 amide bonds. The van der Waals surface area contributed by atoms with Crippen molar-refractivity contribution < 1.29 is 23.8 Å². The first-order valence-corrected chi connectivity index (χ1v) is 5.44. The Labute approximate surface area is 109 Å². The van der Waals surface area contributed by atoms with E-state index >= 15 is 0 Å². The van der Waals surface area contributed by atoms with Crippen LogP contribution in [0.1, 0.15) is 11.6 Å². The summed E-state index contributed by atoms with van der Waals surface area (Å²) in [5, 5.41) is 10.9. The van der Waals surface area contributed by atoms with Crippen LogP contribution in [-0.2, 0) is 16.0 Å². The summed E-state index contributed by atoms with van der Waals surface area (Å²) in [7, 11) is 1.28. The van der Waals surface area contributed by atoms with Crippen molar-refractivity contribution in [2.45, 2.75) is 6.42 Å². The van der Waals surface area contributed by atoms with Crippen molar-refractivity contribution in [2.24, 2.45) is 0 Å². The van der Waals surface area contributed by atoms with Crippen molar-refractivity contribution in [3.05, 3.63) is 36.1 Å². The van der Waals surface area contributed by atoms with Crippen LogP contribution in [0.5, 0.6) is 0 Å². The van der Waals surface area contributed by atoms with Gasteiger partial charge in [-0.1, -0.05) is 12.2 Å². The van der Waals surface area contributed by atoms with Gasteiger partial charge < -0.3 is 19.6 Å². The molecule has 102 valence electrons. The van der Waals surface area contributed by atoms with E-state index in [1.807, 2.05) is 0 Å². The summed E-state index contributed by atoms with van der Waals surface area (Å²) in [6.45, 7) is 0.295. The molecule has 0 aliphatic carbocycles. The molecular formula is C12H14N2O5. The number of hydrogen-bond donors (Lipinski definition) is 2. The Hall–Kier alpha value is -2.57. The first-order valence-electron chi connectivity index (χ1n) is 5.44. The molecule has 7 nitrogen and oxygen atoms in total. The second-order valence-corrected chi connectivity index (χ2v) is 3.40. The minimum atomic E-state index is -1.00. The number of aromatic nitrogens is 1. The number of ether oxygens (including phenoxy) is 1. The highest BCUT2D eigenvalue weighted by molar-refractivity contribution is 5.79. The van der Waals surface area contributed by atoms with Crippen molar-refractivity contribution in [1.82, 2.24) is 10.3 Å². The molecule has 1 heterocycles. The van der Waals surface area contributed by atoms with Crippen LogP contribution in [0, 0.1) is 0 Å². The van der Waals surface area contributed by atoms with Gasteiger partial charge in [-0.25, -0.2) is 14.6 Å². The van der Waals surface area contributed by atoms with Gasteiger partial charge in [-0.15, -0.1) is 0 Å². The van der Waals surface area contributed by atoms with E-state index in [1.165, 1.54) is 19.4 Å². The summed E-state index contributed by atoms with van der Waals surface area (Å²) < 4.78 is 9.52. The topological polar surface area (TPSA) is 102 Å². The van der Waals surface area contributed by atoms with Crippen LogP contribution in [0.15, 0.2) is 28.9 Å². The molecule has 0 fully saturated rings. The lowest BCUT2D eigenvalue weighted by Crippen LogP contribution is -2.22. The standard InChI is InChI=1S/C12H14N2O5/c1-18-12(17)13-7-3-5-10-14-9(8-19-10)4-2-6-11(15)16/h2-3,5-6,8H,4,7H2,1H3,(H,13,17)(H,15,16)/b5-3+,6-2+. The second kappa shape index (κ2) is 7.70. The fourth-order valence-electron chi connectivity index (χ4n) is 1.15. The van der Waals surface area contributed by atoms with Crippen LogP contribution < -0.4 is 5.32 Å². The third-order valence-corrected chi connectivity index (χ3v) is 1.97. The van der Waals surface area contributed by atoms with E-state index < -0.39 is 12.1 Å². The molecular weight excluding hydrogens is 252 g/mol. The number of oxazole rings is 1. The Morgan fingerprint density at radius 2 is 2.32 bits per heavy atom. The zero-order chi connectivity index (χ0) is 14.1. The van der Waals surface area contributed by atoms with Gasteiger partial charge >= 0.3 is 12.1 Å². The number of amides is 1. The lowest BCUT2D eigenvalue weighted by molar-refractivity contribution is -0.131. The molecule has 7 heteroatoms. The fraction of sp³-hybridized carbons (Fsp3) is 0.250. The molecule has 1 rings (SSSR count). The van der Waals surface area contributed by atoms with E-state index in [9.17, 15) is 9.59 Å². The van der Waals surface area contributed by atoms with Gasteiger partial charge in [-0.2, -0.15) is 0 Å². The van der Waals surface area contributed by atoms with Gasteiger partial charge in [0.2, 0.25) is 5.89 Å². The maximum atomic E-state index is 10.7. The van der Waals surface area contributed by atoms with Gasteiger partial charge in [-0.05, 0) is 6.08 Å². The molecule has 1 aromatic rings. The average molecular weight is 266 g/mol. The van der Waals surface area contributed by atoms with Gasteiger partial charge in [0.25, 0.3) is 0 Å². The molecule has 0 unspecified atom stereocenters. The molecule has 0 aliphatic rings. The zero-order valence-corrected chi connectivity index (χ0v) is 10.3. The summed E-state index contributed by atoms with van der Waals surface area (Å²) in [6, 6.07) is 0. The van der Waals surface area contributed by atoms with Crippen LogP contribution in [0.2, 0.25) is 0 Å². The van der Waals surface area contributed by atoms with Gasteiger partial charge in [0.1, 0.15) is 6.26 Å². The number of allylic oxidation sites excluding steroid dienone is 1. The molecule has 1 aromatic heterocycles. The SMILES string of the molecule is COC(=O)NC/C=C/c1nc(C/C=C/C(=O)O)co1. The van der Waals surface area contributed by atoms with Crippen LogP contribution >= 0.6 is 0 Å². The number of nitrogens with zero attached hydrogens (tertiary/aromatic N) is 1. The van der Waals surface area contributed by atoms with Crippen molar-refractivity contribution >= 4 is 18.1 Å². The summed E-state index contributed by atoms with van der Waals surface area (Å²) in [4.78, 5) is 25.1. The zero-order valence-electron chi connectivity index (χ0n) is 10.3. The third-order valence-electron chi connectivity index (χ3n) is 1.97. The van der Waals surface area contributed by atoms with Crippen molar-refractivity contribution in [3.63, 3.8) is 0 Å². The highest BCUT2D eigenvalue weighted by Gasteiger charge is 1.99. The number of nitrogens with one attached hydrogen (secondary N) is 1. The number of carboxylic acids is 1. The summed E-state index contributed by atoms with van der Waals surface area (Å²) in [5.74, 6) is -0.622. The Bertz CT molecular complexity index is 490. The lowest BCUT2D eigenvalue weighted by atomic mass is 10.3. The summed E-state index contributed by atoms with van der Waals surface area (Å²) >= 11 is 0. The maximum Gasteiger partial charge on any atom is 0.407 e. The van der Waals surface area contributed by atoms with Crippen LogP contribution in [0.25, 0.3) is 6.08 Å². The Kier molecular flexibility index (Phi) is 5.87. The van der Waals surface area contributed by atoms with E-state index in [1.54, 1.807) is 12.2 Å². The monoisotopic (exact) mass is 266 g/mol. The highest BCUT2D eigenvalue weighted by atomic mass is 16.5. The number of rotatable bonds is 6. The quantitative estimate of drug-likeness (QED) is 0.751. The predicted molar refractivity (Wildman–Crippen MR) is 66.4 cm³/mol. The number of aliphatic carboxylic acids is 1. The van der Waals surface area contributed by atoms with Crippen LogP contribution in [-0.4, -0.2) is 35.8 Å². The molecule has 0 bridgehead atoms. The molecule has 0 aliphatic heterocycles. The van der Waals surface area contributed by atoms with Gasteiger partial charge in [0.15, 0.2) is 0 Å². The van der Waals surface area contributed by atoms with Crippen molar-refractivity contribution in [1.29, 1.82) is 0 Å². The molecule has 0 aromatic carbocycles. The molecule has 0 saturated heterocycles. The summed E-state index contributed by atoms with van der Waals surface area (Å²) in [6.07, 6.45) is 7.08. The molecule has 0 spiro atoms. The first-order chi connectivity index (χ1) is 9.11. The van der Waals surface area contributed by atoms with Gasteiger partial charge in [0, 0.05) is 19.0 Å². The molecule has 19 heavy (non-hydrogen) atoms. The minimum absolute atomic E-state index is 0.295. The number of hydrogen-bond acceptors (Lipinski definition) is 5. The number of carboxylic acid groups (broad SMARTS) is 1. The van der Waals surface area contributed by atoms with Crippen LogP contribution in [0.3, 0.4) is 0 Å². The number of carbonyl (C=O) groups excluding carboxylic acids is 1. The van der Waals surface area contributed by atoms with E-state index in [0.717, 1.165) is 6.08 Å². The normalized spacial score (nSPS) is 11.0. The van der Waals surface area contributed by atoms with E-state index in [2.05, 4.69) is 15.0 Å². The molecule has 0 radical (unpaired) electrons. The third kappa shape index (κ3) is 6.06. The molecule has 0 atom stereocenters. The first kappa shape index (κ1) is 14.5. The molecule has 0 saturated carbocycles. The number of alkyl carbamates (subject to hydrolysis) is 1. The minimum Gasteiger partial charge on any atom is -0.478 e. The second-order valence-electron chi connectivity index (χ2n) is 3.40. The Morgan fingerprint density at radius 3 is 3.00 bits per heavy atom. The number of methoxy groups -OCH3 is 1. The van der Waals surface area contributed by atoms with Gasteiger partial charge in [-0.3, -0.25) is 0 Å².